The number of methoxy groups -OCH3 is 2. The van der Waals surface area contributed by atoms with E-state index in [1.54, 1.807) is 18.2 Å². The van der Waals surface area contributed by atoms with Crippen LogP contribution in [0.4, 0.5) is 15.8 Å². The number of anilines is 2. The van der Waals surface area contributed by atoms with Gasteiger partial charge in [-0.3, -0.25) is 23.7 Å². The number of nitrogens with one attached hydrogen (secondary N) is 1. The summed E-state index contributed by atoms with van der Waals surface area (Å²) in [5.74, 6) is -3.03. The highest BCUT2D eigenvalue weighted by Crippen LogP contribution is 2.54. The van der Waals surface area contributed by atoms with Crippen molar-refractivity contribution in [1.82, 2.24) is 4.57 Å². The highest BCUT2D eigenvalue weighted by molar-refractivity contribution is 8.00. The van der Waals surface area contributed by atoms with Crippen LogP contribution < -0.4 is 29.7 Å². The Kier molecular flexibility index (Phi) is 8.22. The van der Waals surface area contributed by atoms with Crippen molar-refractivity contribution in [3.05, 3.63) is 92.7 Å². The zero-order valence-corrected chi connectivity index (χ0v) is 26.6. The van der Waals surface area contributed by atoms with Crippen molar-refractivity contribution in [2.75, 3.05) is 24.4 Å². The molecule has 238 valence electrons. The van der Waals surface area contributed by atoms with E-state index in [9.17, 15) is 32.0 Å². The van der Waals surface area contributed by atoms with Crippen LogP contribution >= 0.6 is 23.1 Å². The zero-order chi connectivity index (χ0) is 32.9. The Morgan fingerprint density at radius 3 is 2.26 bits per heavy atom. The number of ether oxygens (including phenoxy) is 2. The number of sulfonamides is 1. The molecule has 0 aliphatic carbocycles. The molecule has 0 saturated carbocycles. The van der Waals surface area contributed by atoms with E-state index in [0.717, 1.165) is 40.1 Å². The molecule has 1 saturated heterocycles. The minimum Gasteiger partial charge on any atom is -0.493 e. The number of primary sulfonamides is 1. The van der Waals surface area contributed by atoms with Gasteiger partial charge in [-0.25, -0.2) is 22.8 Å². The van der Waals surface area contributed by atoms with Gasteiger partial charge < -0.3 is 14.8 Å². The number of amides is 3. The molecule has 12 nitrogen and oxygen atoms in total. The third-order valence-electron chi connectivity index (χ3n) is 7.67. The molecule has 1 aromatic heterocycles. The fraction of sp³-hybridized carbons (Fsp3) is 0.200. The summed E-state index contributed by atoms with van der Waals surface area (Å²) >= 11 is 1.90. The monoisotopic (exact) mass is 684 g/mol. The third kappa shape index (κ3) is 5.57. The van der Waals surface area contributed by atoms with Crippen LogP contribution in [0.3, 0.4) is 0 Å². The standard InChI is InChI=1S/C30H25FN4O8S3/c1-42-20-12-3-15(13-21(20)43-2)23-24-25(28(38)35(27(24)37)18-8-4-16(31)5-9-18)44-29-26(23)45-30(39)34(29)14-22(36)33-17-6-10-19(11-7-17)46(32,40)41/h3-13,23-25H,14H2,1-2H3,(H,33,36)(H2,32,40,41). The van der Waals surface area contributed by atoms with E-state index in [1.165, 1.54) is 55.2 Å². The summed E-state index contributed by atoms with van der Waals surface area (Å²) < 4.78 is 48.9. The number of aromatic nitrogens is 1. The normalized spacial score (nSPS) is 19.0. The van der Waals surface area contributed by atoms with Crippen molar-refractivity contribution in [1.29, 1.82) is 0 Å². The first-order valence-corrected chi connectivity index (χ1v) is 16.8. The van der Waals surface area contributed by atoms with Gasteiger partial charge in [-0.1, -0.05) is 29.2 Å². The SMILES string of the molecule is COc1ccc(C2c3sc(=O)n(CC(=O)Nc4ccc(S(N)(=O)=O)cc4)c3SC3C(=O)N(c4ccc(F)cc4)C(=O)C32)cc1OC. The second-order valence-corrected chi connectivity index (χ2v) is 14.1. The summed E-state index contributed by atoms with van der Waals surface area (Å²) in [6.45, 7) is -0.422. The Balaban J connectivity index is 1.40. The number of imide groups is 1. The number of benzene rings is 3. The summed E-state index contributed by atoms with van der Waals surface area (Å²) in [6, 6.07) is 15.3. The molecule has 3 atom stereocenters. The number of thiazole rings is 1. The number of fused-ring (bicyclic) bond motifs is 2. The minimum absolute atomic E-state index is 0.133. The average molecular weight is 685 g/mol. The molecule has 0 radical (unpaired) electrons. The van der Waals surface area contributed by atoms with E-state index < -0.39 is 62.1 Å². The number of carbonyl (C=O) groups excluding carboxylic acids is 3. The number of carbonyl (C=O) groups is 3. The highest BCUT2D eigenvalue weighted by atomic mass is 32.2. The van der Waals surface area contributed by atoms with E-state index >= 15 is 0 Å². The summed E-state index contributed by atoms with van der Waals surface area (Å²) in [4.78, 5) is 55.3. The van der Waals surface area contributed by atoms with Crippen molar-refractivity contribution in [2.45, 2.75) is 27.6 Å². The number of halogens is 1. The van der Waals surface area contributed by atoms with Gasteiger partial charge in [0.25, 0.3) is 0 Å². The predicted octanol–water partition coefficient (Wildman–Crippen LogP) is 3.15. The topological polar surface area (TPSA) is 167 Å². The van der Waals surface area contributed by atoms with Crippen molar-refractivity contribution in [2.24, 2.45) is 11.1 Å². The van der Waals surface area contributed by atoms with Crippen LogP contribution in [0, 0.1) is 11.7 Å². The first-order valence-electron chi connectivity index (χ1n) is 13.6. The maximum absolute atomic E-state index is 14.0. The Labute approximate surface area is 270 Å². The number of nitrogens with zero attached hydrogens (tertiary/aromatic N) is 2. The fourth-order valence-corrected chi connectivity index (χ4v) is 8.87. The molecule has 2 aliphatic rings. The Bertz CT molecular complexity index is 2050. The van der Waals surface area contributed by atoms with Crippen LogP contribution in [0.25, 0.3) is 0 Å². The highest BCUT2D eigenvalue weighted by Gasteiger charge is 2.57. The van der Waals surface area contributed by atoms with Crippen molar-refractivity contribution < 1.29 is 36.7 Å². The molecule has 1 fully saturated rings. The lowest BCUT2D eigenvalue weighted by atomic mass is 9.83. The van der Waals surface area contributed by atoms with Gasteiger partial charge in [0.05, 0.1) is 35.7 Å². The summed E-state index contributed by atoms with van der Waals surface area (Å²) in [7, 11) is -0.985. The Morgan fingerprint density at radius 1 is 0.957 bits per heavy atom. The first kappa shape index (κ1) is 31.5. The summed E-state index contributed by atoms with van der Waals surface area (Å²) in [5, 5.41) is 7.16. The number of hydrogen-bond donors (Lipinski definition) is 2. The van der Waals surface area contributed by atoms with E-state index in [4.69, 9.17) is 14.6 Å². The zero-order valence-electron chi connectivity index (χ0n) is 24.1. The maximum Gasteiger partial charge on any atom is 0.308 e. The maximum atomic E-state index is 14.0. The van der Waals surface area contributed by atoms with Crippen molar-refractivity contribution >= 4 is 62.2 Å². The van der Waals surface area contributed by atoms with E-state index in [-0.39, 0.29) is 16.3 Å². The molecular weight excluding hydrogens is 660 g/mol. The van der Waals surface area contributed by atoms with Gasteiger partial charge >= 0.3 is 4.87 Å². The number of hydrogen-bond acceptors (Lipinski definition) is 10. The number of thioether (sulfide) groups is 1. The molecule has 46 heavy (non-hydrogen) atoms. The predicted molar refractivity (Wildman–Crippen MR) is 168 cm³/mol. The van der Waals surface area contributed by atoms with Crippen LogP contribution in [0.5, 0.6) is 11.5 Å². The van der Waals surface area contributed by atoms with E-state index in [0.29, 0.717) is 27.0 Å². The third-order valence-corrected chi connectivity index (χ3v) is 11.2. The van der Waals surface area contributed by atoms with Crippen LogP contribution in [-0.2, 0) is 31.0 Å². The second-order valence-electron chi connectivity index (χ2n) is 10.4. The van der Waals surface area contributed by atoms with E-state index in [1.807, 2.05) is 0 Å². The minimum atomic E-state index is -3.93. The van der Waals surface area contributed by atoms with Gasteiger partial charge in [-0.15, -0.1) is 0 Å². The molecule has 4 aromatic rings. The van der Waals surface area contributed by atoms with Gasteiger partial charge in [0.1, 0.15) is 17.6 Å². The molecular formula is C30H25FN4O8S3. The lowest BCUT2D eigenvalue weighted by Crippen LogP contribution is -2.33. The van der Waals surface area contributed by atoms with Crippen LogP contribution in [0.15, 0.2) is 81.4 Å². The number of nitrogens with two attached hydrogens (primary N) is 1. The van der Waals surface area contributed by atoms with Gasteiger partial charge in [0, 0.05) is 16.5 Å². The quantitative estimate of drug-likeness (QED) is 0.265. The van der Waals surface area contributed by atoms with E-state index in [2.05, 4.69) is 5.32 Å². The van der Waals surface area contributed by atoms with Gasteiger partial charge in [0.15, 0.2) is 11.5 Å². The van der Waals surface area contributed by atoms with Gasteiger partial charge in [-0.2, -0.15) is 0 Å². The van der Waals surface area contributed by atoms with Gasteiger partial charge in [-0.05, 0) is 66.2 Å². The first-order chi connectivity index (χ1) is 21.9. The average Bonchev–Trinajstić information content (AvgIpc) is 3.47. The van der Waals surface area contributed by atoms with Crippen molar-refractivity contribution in [3.8, 4) is 11.5 Å². The van der Waals surface area contributed by atoms with Crippen molar-refractivity contribution in [3.63, 3.8) is 0 Å². The molecule has 6 rings (SSSR count). The molecule has 0 spiro atoms. The molecule has 2 aliphatic heterocycles. The molecule has 3 heterocycles. The second kappa shape index (κ2) is 12.0. The Morgan fingerprint density at radius 2 is 1.63 bits per heavy atom. The largest absolute Gasteiger partial charge is 0.493 e. The van der Waals surface area contributed by atoms with Crippen LogP contribution in [-0.4, -0.2) is 50.2 Å². The van der Waals surface area contributed by atoms with Gasteiger partial charge in [0.2, 0.25) is 27.7 Å². The molecule has 3 N–H and O–H groups in total. The summed E-state index contributed by atoms with van der Waals surface area (Å²) in [5.41, 5.74) is 1.08. The molecule has 16 heteroatoms. The fourth-order valence-electron chi connectivity index (χ4n) is 5.58. The molecule has 3 unspecified atom stereocenters. The molecule has 0 bridgehead atoms. The number of rotatable bonds is 8. The molecule has 3 amide bonds. The van der Waals surface area contributed by atoms with Crippen LogP contribution in [0.1, 0.15) is 16.4 Å². The lowest BCUT2D eigenvalue weighted by molar-refractivity contribution is -0.122. The Hall–Kier alpha value is -4.51. The smallest absolute Gasteiger partial charge is 0.308 e. The lowest BCUT2D eigenvalue weighted by Gasteiger charge is -2.31. The molecule has 3 aromatic carbocycles. The van der Waals surface area contributed by atoms with Crippen LogP contribution in [0.2, 0.25) is 0 Å². The summed E-state index contributed by atoms with van der Waals surface area (Å²) in [6.07, 6.45) is 0.